The van der Waals surface area contributed by atoms with Gasteiger partial charge in [-0.15, -0.1) is 0 Å². The molecule has 0 saturated heterocycles. The highest BCUT2D eigenvalue weighted by Gasteiger charge is 2.11. The molecule has 0 aliphatic heterocycles. The van der Waals surface area contributed by atoms with Crippen molar-refractivity contribution in [3.63, 3.8) is 0 Å². The Morgan fingerprint density at radius 2 is 2.10 bits per heavy atom. The number of fused-ring (bicyclic) bond motifs is 3. The lowest BCUT2D eigenvalue weighted by Gasteiger charge is -2.06. The number of nitrogens with zero attached hydrogens (tertiary/aromatic N) is 2. The molecule has 110 valence electrons. The van der Waals surface area contributed by atoms with Crippen molar-refractivity contribution >= 4 is 38.6 Å². The SMILES string of the molecule is O=C(CCCCCn1c2ccccc2c2cnsc21)NO. The summed E-state index contributed by atoms with van der Waals surface area (Å²) in [4.78, 5) is 12.2. The molecule has 3 rings (SSSR count). The van der Waals surface area contributed by atoms with Gasteiger partial charge in [-0.2, -0.15) is 4.37 Å². The number of aryl methyl sites for hydroxylation is 1. The molecule has 2 N–H and O–H groups in total. The molecule has 0 radical (unpaired) electrons. The number of hydrogen-bond donors (Lipinski definition) is 2. The Hall–Kier alpha value is -1.92. The zero-order valence-electron chi connectivity index (χ0n) is 11.6. The van der Waals surface area contributed by atoms with E-state index in [0.717, 1.165) is 25.8 Å². The standard InChI is InChI=1S/C15H17N3O2S/c19-14(17-20)8-2-1-5-9-18-13-7-4-3-6-11(13)12-10-16-21-15(12)18/h3-4,6-7,10,20H,1-2,5,8-9H2,(H,17,19). The Labute approximate surface area is 126 Å². The number of aromatic nitrogens is 2. The summed E-state index contributed by atoms with van der Waals surface area (Å²) in [7, 11) is 0. The summed E-state index contributed by atoms with van der Waals surface area (Å²) in [5.41, 5.74) is 2.91. The number of nitrogens with one attached hydrogen (secondary N) is 1. The molecule has 1 amide bonds. The summed E-state index contributed by atoms with van der Waals surface area (Å²) >= 11 is 1.53. The third-order valence-electron chi connectivity index (χ3n) is 3.69. The largest absolute Gasteiger partial charge is 0.331 e. The maximum absolute atomic E-state index is 10.9. The molecule has 3 aromatic rings. The normalized spacial score (nSPS) is 11.3. The fourth-order valence-corrected chi connectivity index (χ4v) is 3.48. The van der Waals surface area contributed by atoms with Crippen LogP contribution in [0.15, 0.2) is 30.5 Å². The minimum Gasteiger partial charge on any atom is -0.331 e. The number of benzene rings is 1. The van der Waals surface area contributed by atoms with Gasteiger partial charge in [0.1, 0.15) is 4.83 Å². The molecule has 0 fully saturated rings. The van der Waals surface area contributed by atoms with Crippen LogP contribution in [0.5, 0.6) is 0 Å². The molecule has 0 aliphatic rings. The van der Waals surface area contributed by atoms with Crippen LogP contribution in [0.2, 0.25) is 0 Å². The van der Waals surface area contributed by atoms with Crippen LogP contribution in [0.4, 0.5) is 0 Å². The van der Waals surface area contributed by atoms with E-state index in [0.29, 0.717) is 6.42 Å². The quantitative estimate of drug-likeness (QED) is 0.417. The first-order valence-electron chi connectivity index (χ1n) is 7.06. The van der Waals surface area contributed by atoms with Gasteiger partial charge in [0.2, 0.25) is 5.91 Å². The minimum absolute atomic E-state index is 0.314. The molecule has 1 aromatic carbocycles. The van der Waals surface area contributed by atoms with Gasteiger partial charge in [-0.1, -0.05) is 24.6 Å². The summed E-state index contributed by atoms with van der Waals surface area (Å²) in [6, 6.07) is 8.38. The van der Waals surface area contributed by atoms with Gasteiger partial charge in [0, 0.05) is 29.3 Å². The van der Waals surface area contributed by atoms with Crippen molar-refractivity contribution in [1.29, 1.82) is 0 Å². The van der Waals surface area contributed by atoms with Gasteiger partial charge in [-0.3, -0.25) is 10.0 Å². The Bertz CT molecular complexity index is 763. The fourth-order valence-electron chi connectivity index (χ4n) is 2.67. The first-order chi connectivity index (χ1) is 10.3. The van der Waals surface area contributed by atoms with Crippen LogP contribution in [-0.2, 0) is 11.3 Å². The van der Waals surface area contributed by atoms with E-state index in [4.69, 9.17) is 5.21 Å². The van der Waals surface area contributed by atoms with Gasteiger partial charge < -0.3 is 4.57 Å². The number of rotatable bonds is 6. The van der Waals surface area contributed by atoms with Crippen molar-refractivity contribution in [1.82, 2.24) is 14.4 Å². The van der Waals surface area contributed by atoms with Crippen LogP contribution in [-0.4, -0.2) is 20.1 Å². The highest BCUT2D eigenvalue weighted by atomic mass is 32.1. The Balaban J connectivity index is 1.71. The van der Waals surface area contributed by atoms with E-state index in [1.165, 1.54) is 32.7 Å². The van der Waals surface area contributed by atoms with Gasteiger partial charge >= 0.3 is 0 Å². The second kappa shape index (κ2) is 6.24. The summed E-state index contributed by atoms with van der Waals surface area (Å²) in [6.07, 6.45) is 5.06. The summed E-state index contributed by atoms with van der Waals surface area (Å²) in [5, 5.41) is 10.9. The Morgan fingerprint density at radius 3 is 2.95 bits per heavy atom. The minimum atomic E-state index is -0.314. The lowest BCUT2D eigenvalue weighted by Crippen LogP contribution is -2.17. The van der Waals surface area contributed by atoms with E-state index in [-0.39, 0.29) is 5.91 Å². The van der Waals surface area contributed by atoms with Crippen molar-refractivity contribution in [2.75, 3.05) is 0 Å². The van der Waals surface area contributed by atoms with E-state index in [2.05, 4.69) is 33.2 Å². The van der Waals surface area contributed by atoms with E-state index < -0.39 is 0 Å². The summed E-state index contributed by atoms with van der Waals surface area (Å²) in [5.74, 6) is -0.314. The number of hydrogen-bond acceptors (Lipinski definition) is 4. The molecular weight excluding hydrogens is 286 g/mol. The molecule has 5 nitrogen and oxygen atoms in total. The molecule has 0 saturated carbocycles. The number of amides is 1. The van der Waals surface area contributed by atoms with Crippen LogP contribution in [0, 0.1) is 0 Å². The van der Waals surface area contributed by atoms with Gasteiger partial charge in [0.25, 0.3) is 0 Å². The van der Waals surface area contributed by atoms with Crippen LogP contribution < -0.4 is 5.48 Å². The zero-order valence-corrected chi connectivity index (χ0v) is 12.4. The molecule has 0 unspecified atom stereocenters. The smallest absolute Gasteiger partial charge is 0.243 e. The third-order valence-corrected chi connectivity index (χ3v) is 4.52. The molecule has 0 aliphatic carbocycles. The van der Waals surface area contributed by atoms with E-state index in [1.807, 2.05) is 6.20 Å². The molecule has 2 aromatic heterocycles. The number of unbranched alkanes of at least 4 members (excludes halogenated alkanes) is 2. The molecule has 0 atom stereocenters. The van der Waals surface area contributed by atoms with Crippen molar-refractivity contribution < 1.29 is 10.0 Å². The Morgan fingerprint density at radius 1 is 1.24 bits per heavy atom. The predicted molar refractivity (Wildman–Crippen MR) is 83.5 cm³/mol. The highest BCUT2D eigenvalue weighted by molar-refractivity contribution is 7.13. The van der Waals surface area contributed by atoms with E-state index >= 15 is 0 Å². The van der Waals surface area contributed by atoms with Gasteiger partial charge in [-0.25, -0.2) is 5.48 Å². The average Bonchev–Trinajstić information content (AvgIpc) is 3.09. The van der Waals surface area contributed by atoms with Crippen LogP contribution in [0.25, 0.3) is 21.1 Å². The molecule has 0 spiro atoms. The lowest BCUT2D eigenvalue weighted by atomic mass is 10.2. The maximum atomic E-state index is 10.9. The zero-order chi connectivity index (χ0) is 14.7. The molecule has 21 heavy (non-hydrogen) atoms. The van der Waals surface area contributed by atoms with Gasteiger partial charge in [0.05, 0.1) is 6.20 Å². The molecule has 6 heteroatoms. The molecule has 2 heterocycles. The second-order valence-corrected chi connectivity index (χ2v) is 5.84. The summed E-state index contributed by atoms with van der Waals surface area (Å²) in [6.45, 7) is 0.924. The van der Waals surface area contributed by atoms with Crippen molar-refractivity contribution in [3.8, 4) is 0 Å². The third kappa shape index (κ3) is 2.77. The second-order valence-electron chi connectivity index (χ2n) is 5.06. The summed E-state index contributed by atoms with van der Waals surface area (Å²) < 4.78 is 6.60. The number of hydroxylamine groups is 1. The van der Waals surface area contributed by atoms with Crippen molar-refractivity contribution in [2.45, 2.75) is 32.2 Å². The van der Waals surface area contributed by atoms with Crippen molar-refractivity contribution in [2.24, 2.45) is 0 Å². The van der Waals surface area contributed by atoms with E-state index in [1.54, 1.807) is 5.48 Å². The maximum Gasteiger partial charge on any atom is 0.243 e. The van der Waals surface area contributed by atoms with Gasteiger partial charge in [-0.05, 0) is 30.4 Å². The molecule has 0 bridgehead atoms. The average molecular weight is 303 g/mol. The number of para-hydroxylation sites is 1. The van der Waals surface area contributed by atoms with Gasteiger partial charge in [0.15, 0.2) is 0 Å². The first-order valence-corrected chi connectivity index (χ1v) is 7.83. The van der Waals surface area contributed by atoms with Crippen LogP contribution in [0.3, 0.4) is 0 Å². The predicted octanol–water partition coefficient (Wildman–Crippen LogP) is 3.32. The van der Waals surface area contributed by atoms with Crippen LogP contribution in [0.1, 0.15) is 25.7 Å². The highest BCUT2D eigenvalue weighted by Crippen LogP contribution is 2.31. The van der Waals surface area contributed by atoms with E-state index in [9.17, 15) is 4.79 Å². The van der Waals surface area contributed by atoms with Crippen LogP contribution >= 0.6 is 11.5 Å². The first kappa shape index (κ1) is 14.0. The van der Waals surface area contributed by atoms with Crippen molar-refractivity contribution in [3.05, 3.63) is 30.5 Å². The topological polar surface area (TPSA) is 67.2 Å². The number of carbonyl (C=O) groups is 1. The monoisotopic (exact) mass is 303 g/mol. The molecular formula is C15H17N3O2S. The fraction of sp³-hybridized carbons (Fsp3) is 0.333. The number of carbonyl (C=O) groups excluding carboxylic acids is 1. The Kier molecular flexibility index (Phi) is 4.17. The lowest BCUT2D eigenvalue weighted by molar-refractivity contribution is -0.129.